The van der Waals surface area contributed by atoms with Crippen LogP contribution in [-0.2, 0) is 6.42 Å². The molecule has 0 unspecified atom stereocenters. The van der Waals surface area contributed by atoms with Crippen LogP contribution in [0.1, 0.15) is 65.8 Å². The van der Waals surface area contributed by atoms with Crippen LogP contribution in [0.2, 0.25) is 0 Å². The smallest absolute Gasteiger partial charge is 0.171 e. The summed E-state index contributed by atoms with van der Waals surface area (Å²) in [6.45, 7) is 4.31. The fourth-order valence-corrected chi connectivity index (χ4v) is 3.42. The molecular weight excluding hydrogens is 340 g/mol. The largest absolute Gasteiger partial charge is 0.493 e. The number of fused-ring (bicyclic) bond motifs is 1. The molecule has 0 radical (unpaired) electrons. The molecule has 0 bridgehead atoms. The monoisotopic (exact) mass is 366 g/mol. The second kappa shape index (κ2) is 8.38. The maximum absolute atomic E-state index is 12.4. The number of carbonyl (C=O) groups is 2. The minimum absolute atomic E-state index is 0.0594. The van der Waals surface area contributed by atoms with Gasteiger partial charge in [-0.05, 0) is 51.2 Å². The number of hydrogen-bond donors (Lipinski definition) is 0. The van der Waals surface area contributed by atoms with E-state index in [2.05, 4.69) is 24.3 Å². The third-order valence-corrected chi connectivity index (χ3v) is 4.71. The summed E-state index contributed by atoms with van der Waals surface area (Å²) in [7, 11) is 0. The summed E-state index contributed by atoms with van der Waals surface area (Å²) in [6.07, 6.45) is 5.16. The van der Waals surface area contributed by atoms with Crippen molar-refractivity contribution in [2.24, 2.45) is 0 Å². The molecule has 0 aromatic heterocycles. The van der Waals surface area contributed by atoms with Gasteiger partial charge in [0.25, 0.3) is 0 Å². The number of hydrogen-bond acceptors (Lipinski definition) is 4. The molecule has 2 aromatic carbocycles. The molecule has 0 saturated carbocycles. The lowest BCUT2D eigenvalue weighted by atomic mass is 9.90. The van der Waals surface area contributed by atoms with Gasteiger partial charge in [-0.3, -0.25) is 9.59 Å². The van der Waals surface area contributed by atoms with Crippen molar-refractivity contribution in [3.63, 3.8) is 0 Å². The van der Waals surface area contributed by atoms with Gasteiger partial charge in [0.15, 0.2) is 12.1 Å². The van der Waals surface area contributed by atoms with Gasteiger partial charge in [-0.2, -0.15) is 0 Å². The first-order valence-corrected chi connectivity index (χ1v) is 9.51. The molecule has 1 aliphatic rings. The number of Topliss-reactive ketones (excluding diaryl/α,β-unsaturated/α-hetero) is 1. The Morgan fingerprint density at radius 2 is 1.89 bits per heavy atom. The summed E-state index contributed by atoms with van der Waals surface area (Å²) in [5, 5.41) is 0. The third-order valence-electron chi connectivity index (χ3n) is 4.71. The summed E-state index contributed by atoms with van der Waals surface area (Å²) in [4.78, 5) is 23.8. The Kier molecular flexibility index (Phi) is 5.94. The van der Waals surface area contributed by atoms with Crippen molar-refractivity contribution in [1.29, 1.82) is 0 Å². The number of carbonyl (C=O) groups excluding carboxylic acids is 2. The standard InChI is InChI=1S/C23H26O4/c1-23(2)15-20(25)22-18(16-24)13-19(14-21(22)27-23)26-12-8-4-7-11-17-9-5-3-6-10-17/h3,5-6,9-10,13-14,16H,4,7-8,11-12,15H2,1-2H3. The number of ketones is 1. The molecular formula is C23H26O4. The van der Waals surface area contributed by atoms with Gasteiger partial charge in [0, 0.05) is 11.6 Å². The van der Waals surface area contributed by atoms with Crippen molar-refractivity contribution in [3.05, 3.63) is 59.2 Å². The maximum Gasteiger partial charge on any atom is 0.171 e. The van der Waals surface area contributed by atoms with Gasteiger partial charge < -0.3 is 9.47 Å². The van der Waals surface area contributed by atoms with Gasteiger partial charge in [-0.25, -0.2) is 0 Å². The number of ether oxygens (including phenoxy) is 2. The van der Waals surface area contributed by atoms with E-state index in [0.29, 0.717) is 35.5 Å². The van der Waals surface area contributed by atoms with E-state index in [9.17, 15) is 9.59 Å². The van der Waals surface area contributed by atoms with Crippen LogP contribution in [0.4, 0.5) is 0 Å². The first-order valence-electron chi connectivity index (χ1n) is 9.51. The summed E-state index contributed by atoms with van der Waals surface area (Å²) in [6, 6.07) is 13.8. The van der Waals surface area contributed by atoms with E-state index in [0.717, 1.165) is 25.7 Å². The molecule has 0 amide bonds. The quantitative estimate of drug-likeness (QED) is 0.485. The highest BCUT2D eigenvalue weighted by Crippen LogP contribution is 2.37. The van der Waals surface area contributed by atoms with E-state index in [1.54, 1.807) is 12.1 Å². The predicted molar refractivity (Wildman–Crippen MR) is 105 cm³/mol. The first kappa shape index (κ1) is 19.2. The Morgan fingerprint density at radius 3 is 2.63 bits per heavy atom. The molecule has 1 heterocycles. The molecule has 4 heteroatoms. The average molecular weight is 366 g/mol. The van der Waals surface area contributed by atoms with Gasteiger partial charge in [-0.15, -0.1) is 0 Å². The Bertz CT molecular complexity index is 809. The van der Waals surface area contributed by atoms with Crippen molar-refractivity contribution in [2.45, 2.75) is 51.6 Å². The van der Waals surface area contributed by atoms with Crippen LogP contribution >= 0.6 is 0 Å². The molecule has 0 saturated heterocycles. The summed E-state index contributed by atoms with van der Waals surface area (Å²) < 4.78 is 11.7. The van der Waals surface area contributed by atoms with Crippen LogP contribution in [0.15, 0.2) is 42.5 Å². The lowest BCUT2D eigenvalue weighted by Gasteiger charge is -2.32. The molecule has 0 fully saturated rings. The van der Waals surface area contributed by atoms with Crippen molar-refractivity contribution >= 4 is 12.1 Å². The molecule has 0 spiro atoms. The topological polar surface area (TPSA) is 52.6 Å². The van der Waals surface area contributed by atoms with Crippen LogP contribution in [0.3, 0.4) is 0 Å². The van der Waals surface area contributed by atoms with Gasteiger partial charge in [0.05, 0.1) is 18.6 Å². The van der Waals surface area contributed by atoms with E-state index in [1.807, 2.05) is 19.9 Å². The third kappa shape index (κ3) is 4.97. The molecule has 1 aliphatic heterocycles. The van der Waals surface area contributed by atoms with Crippen molar-refractivity contribution in [1.82, 2.24) is 0 Å². The van der Waals surface area contributed by atoms with Gasteiger partial charge in [-0.1, -0.05) is 30.3 Å². The zero-order chi connectivity index (χ0) is 19.3. The zero-order valence-electron chi connectivity index (χ0n) is 16.0. The van der Waals surface area contributed by atoms with Crippen molar-refractivity contribution in [3.8, 4) is 11.5 Å². The summed E-state index contributed by atoms with van der Waals surface area (Å²) >= 11 is 0. The fourth-order valence-electron chi connectivity index (χ4n) is 3.42. The lowest BCUT2D eigenvalue weighted by Crippen LogP contribution is -2.36. The highest BCUT2D eigenvalue weighted by atomic mass is 16.5. The highest BCUT2D eigenvalue weighted by Gasteiger charge is 2.34. The highest BCUT2D eigenvalue weighted by molar-refractivity contribution is 6.06. The van der Waals surface area contributed by atoms with Crippen LogP contribution < -0.4 is 9.47 Å². The van der Waals surface area contributed by atoms with E-state index >= 15 is 0 Å². The van der Waals surface area contributed by atoms with Gasteiger partial charge in [0.2, 0.25) is 0 Å². The molecule has 142 valence electrons. The Morgan fingerprint density at radius 1 is 1.11 bits per heavy atom. The van der Waals surface area contributed by atoms with Crippen LogP contribution in [-0.4, -0.2) is 24.3 Å². The molecule has 3 rings (SSSR count). The minimum atomic E-state index is -0.569. The Balaban J connectivity index is 1.55. The number of unbranched alkanes of at least 4 members (excludes halogenated alkanes) is 2. The number of rotatable bonds is 8. The fraction of sp³-hybridized carbons (Fsp3) is 0.391. The second-order valence-corrected chi connectivity index (χ2v) is 7.61. The second-order valence-electron chi connectivity index (χ2n) is 7.61. The molecule has 27 heavy (non-hydrogen) atoms. The number of benzene rings is 2. The SMILES string of the molecule is CC1(C)CC(=O)c2c(C=O)cc(OCCCCCc3ccccc3)cc2O1. The lowest BCUT2D eigenvalue weighted by molar-refractivity contribution is 0.0614. The summed E-state index contributed by atoms with van der Waals surface area (Å²) in [5.41, 5.74) is 1.50. The van der Waals surface area contributed by atoms with Crippen molar-refractivity contribution < 1.29 is 19.1 Å². The van der Waals surface area contributed by atoms with Crippen molar-refractivity contribution in [2.75, 3.05) is 6.61 Å². The van der Waals surface area contributed by atoms with E-state index < -0.39 is 5.60 Å². The molecule has 0 atom stereocenters. The molecule has 0 aliphatic carbocycles. The van der Waals surface area contributed by atoms with Gasteiger partial charge >= 0.3 is 0 Å². The molecule has 4 nitrogen and oxygen atoms in total. The molecule has 2 aromatic rings. The molecule has 0 N–H and O–H groups in total. The van der Waals surface area contributed by atoms with E-state index in [-0.39, 0.29) is 12.2 Å². The number of aryl methyl sites for hydroxylation is 1. The average Bonchev–Trinajstić information content (AvgIpc) is 2.63. The van der Waals surface area contributed by atoms with Crippen LogP contribution in [0.25, 0.3) is 0 Å². The normalized spacial score (nSPS) is 15.0. The maximum atomic E-state index is 12.4. The van der Waals surface area contributed by atoms with Gasteiger partial charge in [0.1, 0.15) is 17.1 Å². The summed E-state index contributed by atoms with van der Waals surface area (Å²) in [5.74, 6) is 0.958. The number of aldehydes is 1. The van der Waals surface area contributed by atoms with Crippen LogP contribution in [0.5, 0.6) is 11.5 Å². The first-order chi connectivity index (χ1) is 13.0. The zero-order valence-corrected chi connectivity index (χ0v) is 16.0. The van der Waals surface area contributed by atoms with E-state index in [1.165, 1.54) is 5.56 Å². The Labute approximate surface area is 160 Å². The minimum Gasteiger partial charge on any atom is -0.493 e. The Hall–Kier alpha value is -2.62. The van der Waals surface area contributed by atoms with Crippen LogP contribution in [0, 0.1) is 0 Å². The predicted octanol–water partition coefficient (Wildman–Crippen LogP) is 5.03. The van der Waals surface area contributed by atoms with E-state index in [4.69, 9.17) is 9.47 Å².